The molecule has 0 aromatic heterocycles. The van der Waals surface area contributed by atoms with Gasteiger partial charge in [-0.05, 0) is 50.3 Å². The molecule has 1 aliphatic heterocycles. The summed E-state index contributed by atoms with van der Waals surface area (Å²) in [7, 11) is 0. The van der Waals surface area contributed by atoms with E-state index in [1.165, 1.54) is 19.3 Å². The molecule has 1 saturated heterocycles. The lowest BCUT2D eigenvalue weighted by Crippen LogP contribution is -2.23. The molecule has 3 rings (SSSR count). The summed E-state index contributed by atoms with van der Waals surface area (Å²) >= 11 is 12.3. The topological polar surface area (TPSA) is 38.5 Å². The summed E-state index contributed by atoms with van der Waals surface area (Å²) in [5.41, 5.74) is 6.89. The van der Waals surface area contributed by atoms with Gasteiger partial charge in [0.1, 0.15) is 5.75 Å². The van der Waals surface area contributed by atoms with Gasteiger partial charge in [0.05, 0.1) is 16.7 Å². The number of likely N-dealkylation sites (tertiary alicyclic amines) is 1. The molecule has 1 aromatic carbocycles. The summed E-state index contributed by atoms with van der Waals surface area (Å²) in [6.45, 7) is 4.55. The molecule has 0 unspecified atom stereocenters. The maximum atomic E-state index is 6.18. The normalized spacial score (nSPS) is 21.7. The van der Waals surface area contributed by atoms with Crippen LogP contribution in [0.15, 0.2) is 12.1 Å². The number of halogens is 3. The van der Waals surface area contributed by atoms with Crippen molar-refractivity contribution >= 4 is 35.6 Å². The van der Waals surface area contributed by atoms with Crippen molar-refractivity contribution in [3.05, 3.63) is 27.7 Å². The lowest BCUT2D eigenvalue weighted by atomic mass is 10.1. The van der Waals surface area contributed by atoms with E-state index in [1.807, 2.05) is 12.1 Å². The molecule has 3 nitrogen and oxygen atoms in total. The molecule has 1 aromatic rings. The molecule has 124 valence electrons. The molecule has 6 heteroatoms. The van der Waals surface area contributed by atoms with Gasteiger partial charge in [0, 0.05) is 24.7 Å². The van der Waals surface area contributed by atoms with Gasteiger partial charge in [0.2, 0.25) is 0 Å². The Kier molecular flexibility index (Phi) is 6.66. The van der Waals surface area contributed by atoms with E-state index in [1.54, 1.807) is 0 Å². The first-order chi connectivity index (χ1) is 10.2. The van der Waals surface area contributed by atoms with E-state index in [9.17, 15) is 0 Å². The molecule has 2 aliphatic rings. The second-order valence-electron chi connectivity index (χ2n) is 6.25. The van der Waals surface area contributed by atoms with Gasteiger partial charge < -0.3 is 10.5 Å². The van der Waals surface area contributed by atoms with Crippen molar-refractivity contribution in [1.29, 1.82) is 0 Å². The summed E-state index contributed by atoms with van der Waals surface area (Å²) in [6.07, 6.45) is 3.73. The molecule has 0 radical (unpaired) electrons. The summed E-state index contributed by atoms with van der Waals surface area (Å²) < 4.78 is 5.97. The zero-order valence-electron chi connectivity index (χ0n) is 12.6. The van der Waals surface area contributed by atoms with Crippen LogP contribution in [0, 0.1) is 11.8 Å². The average Bonchev–Trinajstić information content (AvgIpc) is 3.19. The lowest BCUT2D eigenvalue weighted by Gasteiger charge is -2.19. The van der Waals surface area contributed by atoms with Crippen molar-refractivity contribution in [3.8, 4) is 5.75 Å². The molecule has 0 amide bonds. The van der Waals surface area contributed by atoms with Crippen LogP contribution in [0.1, 0.15) is 24.8 Å². The van der Waals surface area contributed by atoms with E-state index in [4.69, 9.17) is 33.7 Å². The van der Waals surface area contributed by atoms with Crippen LogP contribution in [-0.2, 0) is 6.54 Å². The van der Waals surface area contributed by atoms with Crippen LogP contribution >= 0.6 is 35.6 Å². The summed E-state index contributed by atoms with van der Waals surface area (Å²) in [6, 6.07) is 3.81. The molecule has 0 spiro atoms. The minimum atomic E-state index is 0. The zero-order chi connectivity index (χ0) is 14.8. The lowest BCUT2D eigenvalue weighted by molar-refractivity contribution is 0.279. The van der Waals surface area contributed by atoms with E-state index in [-0.39, 0.29) is 12.4 Å². The van der Waals surface area contributed by atoms with Crippen molar-refractivity contribution in [3.63, 3.8) is 0 Å². The third kappa shape index (κ3) is 4.65. The van der Waals surface area contributed by atoms with Gasteiger partial charge in [-0.3, -0.25) is 4.90 Å². The first kappa shape index (κ1) is 18.2. The molecular weight excluding hydrogens is 343 g/mol. The maximum Gasteiger partial charge on any atom is 0.125 e. The van der Waals surface area contributed by atoms with Crippen LogP contribution in [0.25, 0.3) is 0 Å². The second-order valence-corrected chi connectivity index (χ2v) is 7.07. The number of ether oxygens (including phenoxy) is 1. The molecular formula is C16H23Cl3N2O. The zero-order valence-corrected chi connectivity index (χ0v) is 14.9. The highest BCUT2D eigenvalue weighted by atomic mass is 35.5. The van der Waals surface area contributed by atoms with Crippen molar-refractivity contribution in [1.82, 2.24) is 4.90 Å². The smallest absolute Gasteiger partial charge is 0.125 e. The Bertz CT molecular complexity index is 508. The van der Waals surface area contributed by atoms with Crippen LogP contribution < -0.4 is 10.5 Å². The molecule has 2 N–H and O–H groups in total. The Balaban J connectivity index is 0.00000176. The van der Waals surface area contributed by atoms with Gasteiger partial charge in [-0.25, -0.2) is 0 Å². The first-order valence-corrected chi connectivity index (χ1v) is 8.44. The average molecular weight is 366 g/mol. The Morgan fingerprint density at radius 2 is 1.86 bits per heavy atom. The third-order valence-electron chi connectivity index (χ3n) is 4.37. The largest absolute Gasteiger partial charge is 0.493 e. The highest BCUT2D eigenvalue weighted by molar-refractivity contribution is 6.42. The SMILES string of the molecule is Cl.NC[C@@H]1CCN(Cc2cc(Cl)c(Cl)cc2OCC2CC2)C1. The Morgan fingerprint density at radius 3 is 2.50 bits per heavy atom. The van der Waals surface area contributed by atoms with Gasteiger partial charge >= 0.3 is 0 Å². The minimum absolute atomic E-state index is 0. The number of nitrogens with zero attached hydrogens (tertiary/aromatic N) is 1. The molecule has 1 saturated carbocycles. The van der Waals surface area contributed by atoms with Gasteiger partial charge in [-0.15, -0.1) is 12.4 Å². The predicted octanol–water partition coefficient (Wildman–Crippen LogP) is 3.98. The number of hydrogen-bond donors (Lipinski definition) is 1. The highest BCUT2D eigenvalue weighted by Crippen LogP contribution is 2.35. The molecule has 1 aliphatic carbocycles. The van der Waals surface area contributed by atoms with Crippen LogP contribution in [0.4, 0.5) is 0 Å². The Labute approximate surface area is 148 Å². The van der Waals surface area contributed by atoms with Crippen LogP contribution in [0.3, 0.4) is 0 Å². The fourth-order valence-electron chi connectivity index (χ4n) is 2.81. The summed E-state index contributed by atoms with van der Waals surface area (Å²) in [4.78, 5) is 2.42. The number of nitrogens with two attached hydrogens (primary N) is 1. The predicted molar refractivity (Wildman–Crippen MR) is 94.4 cm³/mol. The number of hydrogen-bond acceptors (Lipinski definition) is 3. The van der Waals surface area contributed by atoms with Crippen LogP contribution in [0.5, 0.6) is 5.75 Å². The monoisotopic (exact) mass is 364 g/mol. The quantitative estimate of drug-likeness (QED) is 0.828. The van der Waals surface area contributed by atoms with Gasteiger partial charge in [0.15, 0.2) is 0 Å². The molecule has 0 bridgehead atoms. The van der Waals surface area contributed by atoms with Crippen molar-refractivity contribution < 1.29 is 4.74 Å². The van der Waals surface area contributed by atoms with E-state index < -0.39 is 0 Å². The number of benzene rings is 1. The van der Waals surface area contributed by atoms with Crippen LogP contribution in [0.2, 0.25) is 10.0 Å². The molecule has 1 heterocycles. The van der Waals surface area contributed by atoms with E-state index >= 15 is 0 Å². The fraction of sp³-hybridized carbons (Fsp3) is 0.625. The standard InChI is InChI=1S/C16H22Cl2N2O.ClH/c17-14-5-13(9-20-4-3-12(7-19)8-20)16(6-15(14)18)21-10-11-1-2-11;/h5-6,11-12H,1-4,7-10,19H2;1H/t12-;/m0./s1. The van der Waals surface area contributed by atoms with E-state index in [0.29, 0.717) is 16.0 Å². The molecule has 22 heavy (non-hydrogen) atoms. The maximum absolute atomic E-state index is 6.18. The minimum Gasteiger partial charge on any atom is -0.493 e. The third-order valence-corrected chi connectivity index (χ3v) is 5.09. The van der Waals surface area contributed by atoms with Crippen molar-refractivity contribution in [2.24, 2.45) is 17.6 Å². The summed E-state index contributed by atoms with van der Waals surface area (Å²) in [5.74, 6) is 2.22. The van der Waals surface area contributed by atoms with E-state index in [2.05, 4.69) is 4.90 Å². The fourth-order valence-corrected chi connectivity index (χ4v) is 3.15. The molecule has 2 fully saturated rings. The highest BCUT2D eigenvalue weighted by Gasteiger charge is 2.25. The molecule has 1 atom stereocenters. The van der Waals surface area contributed by atoms with Crippen molar-refractivity contribution in [2.45, 2.75) is 25.8 Å². The van der Waals surface area contributed by atoms with E-state index in [0.717, 1.165) is 50.0 Å². The summed E-state index contributed by atoms with van der Waals surface area (Å²) in [5, 5.41) is 1.16. The Morgan fingerprint density at radius 1 is 1.14 bits per heavy atom. The van der Waals surface area contributed by atoms with Gasteiger partial charge in [0.25, 0.3) is 0 Å². The van der Waals surface area contributed by atoms with Gasteiger partial charge in [-0.2, -0.15) is 0 Å². The Hall–Kier alpha value is -0.190. The van der Waals surface area contributed by atoms with Gasteiger partial charge in [-0.1, -0.05) is 23.2 Å². The first-order valence-electron chi connectivity index (χ1n) is 7.69. The second kappa shape index (κ2) is 8.07. The number of rotatable bonds is 6. The van der Waals surface area contributed by atoms with Crippen LogP contribution in [-0.4, -0.2) is 31.1 Å². The van der Waals surface area contributed by atoms with Crippen molar-refractivity contribution in [2.75, 3.05) is 26.2 Å².